The quantitative estimate of drug-likeness (QED) is 0.902. The van der Waals surface area contributed by atoms with Crippen LogP contribution in [-0.4, -0.2) is 24.5 Å². The molecule has 2 rings (SSSR count). The fourth-order valence-corrected chi connectivity index (χ4v) is 3.32. The summed E-state index contributed by atoms with van der Waals surface area (Å²) in [7, 11) is -3.88. The van der Waals surface area contributed by atoms with Crippen molar-refractivity contribution < 1.29 is 18.3 Å². The van der Waals surface area contributed by atoms with Gasteiger partial charge in [0.1, 0.15) is 0 Å². The number of hydrogen-bond donors (Lipinski definition) is 2. The van der Waals surface area contributed by atoms with E-state index in [1.54, 1.807) is 25.3 Å². The third kappa shape index (κ3) is 3.03. The Morgan fingerprint density at radius 2 is 1.90 bits per heavy atom. The molecule has 0 fully saturated rings. The molecule has 0 unspecified atom stereocenters. The van der Waals surface area contributed by atoms with Crippen molar-refractivity contribution in [1.82, 2.24) is 4.98 Å². The van der Waals surface area contributed by atoms with Crippen LogP contribution in [0.25, 0.3) is 0 Å². The van der Waals surface area contributed by atoms with Crippen molar-refractivity contribution in [3.63, 3.8) is 0 Å². The topological polar surface area (TPSA) is 96.4 Å². The van der Waals surface area contributed by atoms with Crippen LogP contribution >= 0.6 is 0 Å². The Bertz CT molecular complexity index is 800. The number of pyridine rings is 1. The number of aryl methyl sites for hydroxylation is 1. The molecule has 7 heteroatoms. The molecule has 2 aromatic rings. The molecule has 21 heavy (non-hydrogen) atoms. The molecule has 0 aliphatic rings. The minimum atomic E-state index is -3.88. The van der Waals surface area contributed by atoms with Gasteiger partial charge in [-0.05, 0) is 43.7 Å². The third-order valence-electron chi connectivity index (χ3n) is 3.06. The van der Waals surface area contributed by atoms with Crippen LogP contribution in [0.15, 0.2) is 41.4 Å². The number of carboxylic acid groups (broad SMARTS) is 1. The molecule has 1 aromatic heterocycles. The SMILES string of the molecule is Cc1ncccc1NS(=O)(=O)c1cccc(C(=O)O)c1C. The van der Waals surface area contributed by atoms with Crippen LogP contribution in [0, 0.1) is 13.8 Å². The van der Waals surface area contributed by atoms with Crippen LogP contribution in [0.2, 0.25) is 0 Å². The molecule has 0 amide bonds. The number of rotatable bonds is 4. The van der Waals surface area contributed by atoms with Crippen molar-refractivity contribution >= 4 is 21.7 Å². The van der Waals surface area contributed by atoms with Gasteiger partial charge in [0.2, 0.25) is 0 Å². The number of carboxylic acids is 1. The normalized spacial score (nSPS) is 11.1. The first kappa shape index (κ1) is 15.0. The van der Waals surface area contributed by atoms with Crippen LogP contribution in [0.3, 0.4) is 0 Å². The minimum absolute atomic E-state index is 0.0409. The highest BCUT2D eigenvalue weighted by atomic mass is 32.2. The summed E-state index contributed by atoms with van der Waals surface area (Å²) in [6.45, 7) is 3.15. The summed E-state index contributed by atoms with van der Waals surface area (Å²) in [5.41, 5.74) is 1.05. The average molecular weight is 306 g/mol. The molecule has 1 aromatic carbocycles. The Morgan fingerprint density at radius 1 is 1.19 bits per heavy atom. The zero-order valence-corrected chi connectivity index (χ0v) is 12.3. The highest BCUT2D eigenvalue weighted by molar-refractivity contribution is 7.92. The minimum Gasteiger partial charge on any atom is -0.478 e. The summed E-state index contributed by atoms with van der Waals surface area (Å²) in [5, 5.41) is 9.06. The smallest absolute Gasteiger partial charge is 0.335 e. The Kier molecular flexibility index (Phi) is 3.95. The zero-order valence-electron chi connectivity index (χ0n) is 11.5. The number of nitrogens with zero attached hydrogens (tertiary/aromatic N) is 1. The van der Waals surface area contributed by atoms with Crippen molar-refractivity contribution in [3.8, 4) is 0 Å². The first-order valence-corrected chi connectivity index (χ1v) is 7.58. The van der Waals surface area contributed by atoms with Gasteiger partial charge in [0.05, 0.1) is 21.8 Å². The van der Waals surface area contributed by atoms with E-state index in [1.807, 2.05) is 0 Å². The number of aromatic carboxylic acids is 1. The number of sulfonamides is 1. The van der Waals surface area contributed by atoms with Crippen molar-refractivity contribution in [2.24, 2.45) is 0 Å². The fourth-order valence-electron chi connectivity index (χ4n) is 1.93. The van der Waals surface area contributed by atoms with Gasteiger partial charge in [-0.15, -0.1) is 0 Å². The lowest BCUT2D eigenvalue weighted by Crippen LogP contribution is -2.16. The molecule has 1 heterocycles. The molecule has 0 saturated carbocycles. The van der Waals surface area contributed by atoms with Crippen LogP contribution in [0.5, 0.6) is 0 Å². The molecule has 0 saturated heterocycles. The number of anilines is 1. The fraction of sp³-hybridized carbons (Fsp3) is 0.143. The van der Waals surface area contributed by atoms with E-state index in [4.69, 9.17) is 5.11 Å². The van der Waals surface area contributed by atoms with E-state index in [9.17, 15) is 13.2 Å². The summed E-state index contributed by atoms with van der Waals surface area (Å²) in [6, 6.07) is 7.35. The second-order valence-corrected chi connectivity index (χ2v) is 6.13. The maximum Gasteiger partial charge on any atom is 0.335 e. The second-order valence-electron chi connectivity index (χ2n) is 4.48. The molecule has 0 bridgehead atoms. The zero-order chi connectivity index (χ0) is 15.6. The molecule has 2 N–H and O–H groups in total. The highest BCUT2D eigenvalue weighted by Crippen LogP contribution is 2.22. The van der Waals surface area contributed by atoms with Crippen molar-refractivity contribution in [2.75, 3.05) is 4.72 Å². The number of benzene rings is 1. The first-order valence-electron chi connectivity index (χ1n) is 6.10. The predicted molar refractivity (Wildman–Crippen MR) is 77.9 cm³/mol. The van der Waals surface area contributed by atoms with Gasteiger partial charge in [-0.1, -0.05) is 6.07 Å². The van der Waals surface area contributed by atoms with Gasteiger partial charge in [0.15, 0.2) is 0 Å². The Balaban J connectivity index is 2.48. The molecular weight excluding hydrogens is 292 g/mol. The van der Waals surface area contributed by atoms with Crippen molar-refractivity contribution in [3.05, 3.63) is 53.3 Å². The number of aromatic nitrogens is 1. The van der Waals surface area contributed by atoms with Gasteiger partial charge in [-0.3, -0.25) is 9.71 Å². The van der Waals surface area contributed by atoms with E-state index in [0.29, 0.717) is 11.4 Å². The summed E-state index contributed by atoms with van der Waals surface area (Å²) in [4.78, 5) is 15.0. The van der Waals surface area contributed by atoms with E-state index in [0.717, 1.165) is 0 Å². The molecule has 0 aliphatic carbocycles. The molecule has 0 radical (unpaired) electrons. The molecule has 0 atom stereocenters. The van der Waals surface area contributed by atoms with E-state index in [-0.39, 0.29) is 16.0 Å². The van der Waals surface area contributed by atoms with E-state index >= 15 is 0 Å². The monoisotopic (exact) mass is 306 g/mol. The second kappa shape index (κ2) is 5.53. The van der Waals surface area contributed by atoms with E-state index < -0.39 is 16.0 Å². The Labute approximate surface area is 122 Å². The van der Waals surface area contributed by atoms with Crippen LogP contribution in [0.4, 0.5) is 5.69 Å². The summed E-state index contributed by atoms with van der Waals surface area (Å²) in [6.07, 6.45) is 1.56. The standard InChI is InChI=1S/C14H14N2O4S/c1-9-11(14(17)18)5-3-7-13(9)21(19,20)16-12-6-4-8-15-10(12)2/h3-8,16H,1-2H3,(H,17,18). The average Bonchev–Trinajstić information content (AvgIpc) is 2.41. The molecular formula is C14H14N2O4S. The van der Waals surface area contributed by atoms with Crippen molar-refractivity contribution in [1.29, 1.82) is 0 Å². The highest BCUT2D eigenvalue weighted by Gasteiger charge is 2.21. The lowest BCUT2D eigenvalue weighted by atomic mass is 10.1. The summed E-state index contributed by atoms with van der Waals surface area (Å²) < 4.78 is 27.3. The summed E-state index contributed by atoms with van der Waals surface area (Å²) in [5.74, 6) is -1.16. The van der Waals surface area contributed by atoms with Crippen molar-refractivity contribution in [2.45, 2.75) is 18.7 Å². The molecule has 110 valence electrons. The van der Waals surface area contributed by atoms with Gasteiger partial charge in [0, 0.05) is 6.20 Å². The van der Waals surface area contributed by atoms with Crippen LogP contribution in [-0.2, 0) is 10.0 Å². The number of hydrogen-bond acceptors (Lipinski definition) is 4. The van der Waals surface area contributed by atoms with Gasteiger partial charge in [0.25, 0.3) is 10.0 Å². The molecule has 6 nitrogen and oxygen atoms in total. The lowest BCUT2D eigenvalue weighted by molar-refractivity contribution is 0.0696. The predicted octanol–water partition coefficient (Wildman–Crippen LogP) is 2.20. The number of carbonyl (C=O) groups is 1. The van der Waals surface area contributed by atoms with Crippen LogP contribution < -0.4 is 4.72 Å². The first-order chi connectivity index (χ1) is 9.83. The van der Waals surface area contributed by atoms with E-state index in [2.05, 4.69) is 9.71 Å². The third-order valence-corrected chi connectivity index (χ3v) is 4.57. The largest absolute Gasteiger partial charge is 0.478 e. The number of nitrogens with one attached hydrogen (secondary N) is 1. The van der Waals surface area contributed by atoms with Gasteiger partial charge < -0.3 is 5.11 Å². The lowest BCUT2D eigenvalue weighted by Gasteiger charge is -2.12. The molecule has 0 spiro atoms. The maximum atomic E-state index is 12.4. The van der Waals surface area contributed by atoms with Gasteiger partial charge >= 0.3 is 5.97 Å². The van der Waals surface area contributed by atoms with Gasteiger partial charge in [-0.25, -0.2) is 13.2 Å². The van der Waals surface area contributed by atoms with Crippen LogP contribution in [0.1, 0.15) is 21.6 Å². The van der Waals surface area contributed by atoms with E-state index in [1.165, 1.54) is 25.1 Å². The summed E-state index contributed by atoms with van der Waals surface area (Å²) >= 11 is 0. The molecule has 0 aliphatic heterocycles. The maximum absolute atomic E-state index is 12.4. The Morgan fingerprint density at radius 3 is 2.52 bits per heavy atom. The Hall–Kier alpha value is -2.41. The van der Waals surface area contributed by atoms with Gasteiger partial charge in [-0.2, -0.15) is 0 Å².